The second kappa shape index (κ2) is 2.50. The van der Waals surface area contributed by atoms with E-state index in [1.54, 1.807) is 0 Å². The van der Waals surface area contributed by atoms with E-state index in [-0.39, 0.29) is 5.41 Å². The quantitative estimate of drug-likeness (QED) is 0.573. The summed E-state index contributed by atoms with van der Waals surface area (Å²) < 4.78 is 0. The Labute approximate surface area is 85.6 Å². The van der Waals surface area contributed by atoms with E-state index < -0.39 is 0 Å². The topological polar surface area (TPSA) is 17.1 Å². The predicted molar refractivity (Wildman–Crippen MR) is 55.9 cm³/mol. The fourth-order valence-corrected chi connectivity index (χ4v) is 4.48. The fraction of sp³-hybridized carbons (Fsp3) is 0.769. The van der Waals surface area contributed by atoms with E-state index in [1.807, 2.05) is 6.08 Å². The number of allylic oxidation sites excluding steroid dienone is 2. The van der Waals surface area contributed by atoms with Crippen LogP contribution in [0.1, 0.15) is 51.9 Å². The summed E-state index contributed by atoms with van der Waals surface area (Å²) in [5, 5.41) is 0. The van der Waals surface area contributed by atoms with E-state index in [0.717, 1.165) is 0 Å². The maximum Gasteiger partial charge on any atom is 0.162 e. The maximum atomic E-state index is 12.1. The van der Waals surface area contributed by atoms with Gasteiger partial charge in [-0.25, -0.2) is 0 Å². The Morgan fingerprint density at radius 3 is 2.29 bits per heavy atom. The summed E-state index contributed by atoms with van der Waals surface area (Å²) in [6.45, 7) is 2.19. The van der Waals surface area contributed by atoms with Gasteiger partial charge in [-0.2, -0.15) is 0 Å². The first kappa shape index (κ1) is 8.70. The summed E-state index contributed by atoms with van der Waals surface area (Å²) in [6, 6.07) is 0. The summed E-state index contributed by atoms with van der Waals surface area (Å²) >= 11 is 0. The molecule has 3 aliphatic rings. The minimum atomic E-state index is 0.0787. The Morgan fingerprint density at radius 1 is 1.00 bits per heavy atom. The van der Waals surface area contributed by atoms with E-state index in [2.05, 4.69) is 6.92 Å². The first-order valence-corrected chi connectivity index (χ1v) is 5.95. The summed E-state index contributed by atoms with van der Waals surface area (Å²) in [7, 11) is 0. The Balaban J connectivity index is 2.16. The first-order chi connectivity index (χ1) is 6.71. The van der Waals surface area contributed by atoms with E-state index in [4.69, 9.17) is 0 Å². The predicted octanol–water partition coefficient (Wildman–Crippen LogP) is 3.25. The van der Waals surface area contributed by atoms with Crippen molar-refractivity contribution in [2.45, 2.75) is 51.9 Å². The number of rotatable bonds is 0. The lowest BCUT2D eigenvalue weighted by Crippen LogP contribution is -2.41. The zero-order valence-corrected chi connectivity index (χ0v) is 8.94. The number of carbonyl (C=O) groups excluding carboxylic acids is 1. The van der Waals surface area contributed by atoms with Gasteiger partial charge in [0.2, 0.25) is 0 Å². The molecule has 0 aliphatic heterocycles. The minimum absolute atomic E-state index is 0.0787. The lowest BCUT2D eigenvalue weighted by molar-refractivity contribution is -0.128. The van der Waals surface area contributed by atoms with E-state index in [1.165, 1.54) is 50.5 Å². The van der Waals surface area contributed by atoms with Crippen molar-refractivity contribution in [1.82, 2.24) is 0 Å². The number of ketones is 1. The van der Waals surface area contributed by atoms with Gasteiger partial charge in [-0.05, 0) is 38.7 Å². The summed E-state index contributed by atoms with van der Waals surface area (Å²) in [4.78, 5) is 12.1. The van der Waals surface area contributed by atoms with Gasteiger partial charge >= 0.3 is 0 Å². The van der Waals surface area contributed by atoms with Gasteiger partial charge in [0.05, 0.1) is 0 Å². The largest absolute Gasteiger partial charge is 0.294 e. The summed E-state index contributed by atoms with van der Waals surface area (Å²) in [6.07, 6.45) is 10.7. The molecule has 14 heavy (non-hydrogen) atoms. The molecule has 3 aliphatic carbocycles. The van der Waals surface area contributed by atoms with Gasteiger partial charge in [0.1, 0.15) is 0 Å². The van der Waals surface area contributed by atoms with Gasteiger partial charge < -0.3 is 0 Å². The number of carbonyl (C=O) groups is 1. The third-order valence-electron chi connectivity index (χ3n) is 5.15. The Kier molecular flexibility index (Phi) is 1.55. The molecule has 0 spiro atoms. The molecule has 76 valence electrons. The second-order valence-corrected chi connectivity index (χ2v) is 5.42. The van der Waals surface area contributed by atoms with Crippen LogP contribution in [0.25, 0.3) is 0 Å². The molecular formula is C13H18O. The average Bonchev–Trinajstić information content (AvgIpc) is 2.66. The molecule has 0 aromatic carbocycles. The molecule has 1 nitrogen and oxygen atoms in total. The van der Waals surface area contributed by atoms with Gasteiger partial charge in [-0.15, -0.1) is 0 Å². The molecule has 0 bridgehead atoms. The van der Waals surface area contributed by atoms with Crippen molar-refractivity contribution in [3.05, 3.63) is 11.6 Å². The molecular weight excluding hydrogens is 172 g/mol. The molecule has 0 aromatic heterocycles. The van der Waals surface area contributed by atoms with Crippen molar-refractivity contribution in [3.8, 4) is 0 Å². The van der Waals surface area contributed by atoms with Crippen LogP contribution >= 0.6 is 0 Å². The van der Waals surface area contributed by atoms with Crippen molar-refractivity contribution >= 4 is 5.78 Å². The molecule has 0 unspecified atom stereocenters. The van der Waals surface area contributed by atoms with Crippen LogP contribution in [0, 0.1) is 10.8 Å². The highest BCUT2D eigenvalue weighted by Gasteiger charge is 2.62. The Hall–Kier alpha value is -0.590. The summed E-state index contributed by atoms with van der Waals surface area (Å²) in [5.74, 6) is 0.465. The van der Waals surface area contributed by atoms with Gasteiger partial charge in [-0.1, -0.05) is 24.8 Å². The fourth-order valence-electron chi connectivity index (χ4n) is 4.48. The molecule has 3 rings (SSSR count). The van der Waals surface area contributed by atoms with Crippen molar-refractivity contribution in [2.24, 2.45) is 10.8 Å². The third kappa shape index (κ3) is 0.721. The molecule has 0 saturated heterocycles. The van der Waals surface area contributed by atoms with Crippen LogP contribution in [0.2, 0.25) is 0 Å². The van der Waals surface area contributed by atoms with E-state index in [9.17, 15) is 4.79 Å². The van der Waals surface area contributed by atoms with Crippen molar-refractivity contribution in [1.29, 1.82) is 0 Å². The van der Waals surface area contributed by atoms with Crippen LogP contribution in [0.3, 0.4) is 0 Å². The number of hydrogen-bond donors (Lipinski definition) is 0. The number of hydrogen-bond acceptors (Lipinski definition) is 1. The van der Waals surface area contributed by atoms with Crippen LogP contribution in [0.15, 0.2) is 11.6 Å². The van der Waals surface area contributed by atoms with Gasteiger partial charge in [-0.3, -0.25) is 4.79 Å². The second-order valence-electron chi connectivity index (χ2n) is 5.42. The molecule has 1 heteroatoms. The third-order valence-corrected chi connectivity index (χ3v) is 5.15. The van der Waals surface area contributed by atoms with Gasteiger partial charge in [0.15, 0.2) is 5.78 Å². The normalized spacial score (nSPS) is 46.1. The molecule has 2 fully saturated rings. The molecule has 2 atom stereocenters. The smallest absolute Gasteiger partial charge is 0.162 e. The van der Waals surface area contributed by atoms with Crippen molar-refractivity contribution in [3.63, 3.8) is 0 Å². The molecule has 0 aromatic rings. The Bertz CT molecular complexity index is 328. The molecule has 0 N–H and O–H groups in total. The van der Waals surface area contributed by atoms with Crippen LogP contribution in [0.4, 0.5) is 0 Å². The standard InChI is InChI=1S/C13H18O/c1-10-9-11(14)13-6-3-2-5-12(10,13)7-4-8-13/h9H,2-8H2,1H3/t12-,13+/m0/s1. The minimum Gasteiger partial charge on any atom is -0.294 e. The van der Waals surface area contributed by atoms with Crippen molar-refractivity contribution in [2.75, 3.05) is 0 Å². The first-order valence-electron chi connectivity index (χ1n) is 5.95. The molecule has 2 saturated carbocycles. The monoisotopic (exact) mass is 190 g/mol. The lowest BCUT2D eigenvalue weighted by Gasteiger charge is -2.45. The van der Waals surface area contributed by atoms with E-state index >= 15 is 0 Å². The van der Waals surface area contributed by atoms with E-state index in [0.29, 0.717) is 11.2 Å². The van der Waals surface area contributed by atoms with Crippen LogP contribution < -0.4 is 0 Å². The zero-order valence-electron chi connectivity index (χ0n) is 8.94. The van der Waals surface area contributed by atoms with Crippen molar-refractivity contribution < 1.29 is 4.79 Å². The molecule has 0 heterocycles. The lowest BCUT2D eigenvalue weighted by atomic mass is 9.57. The molecule has 0 amide bonds. The zero-order chi connectivity index (χ0) is 9.81. The Morgan fingerprint density at radius 2 is 1.57 bits per heavy atom. The van der Waals surface area contributed by atoms with Crippen LogP contribution in [0.5, 0.6) is 0 Å². The summed E-state index contributed by atoms with van der Waals surface area (Å²) in [5.41, 5.74) is 1.80. The highest BCUT2D eigenvalue weighted by molar-refractivity contribution is 6.00. The highest BCUT2D eigenvalue weighted by Crippen LogP contribution is 2.67. The van der Waals surface area contributed by atoms with Crippen LogP contribution in [-0.4, -0.2) is 5.78 Å². The highest BCUT2D eigenvalue weighted by atomic mass is 16.1. The maximum absolute atomic E-state index is 12.1. The van der Waals surface area contributed by atoms with Crippen LogP contribution in [-0.2, 0) is 4.79 Å². The average molecular weight is 190 g/mol. The van der Waals surface area contributed by atoms with Gasteiger partial charge in [0.25, 0.3) is 0 Å². The molecule has 0 radical (unpaired) electrons. The van der Waals surface area contributed by atoms with Gasteiger partial charge in [0, 0.05) is 10.8 Å². The SMILES string of the molecule is CC1=CC(=O)[C@]23CCCC[C@]12CCC3.